The Bertz CT molecular complexity index is 2500. The number of benzene rings is 1. The van der Waals surface area contributed by atoms with Crippen molar-refractivity contribution in [3.05, 3.63) is 57.7 Å². The topological polar surface area (TPSA) is 159 Å². The predicted octanol–water partition coefficient (Wildman–Crippen LogP) is 7.62. The number of pyridine rings is 1. The van der Waals surface area contributed by atoms with Crippen molar-refractivity contribution in [3.63, 3.8) is 0 Å². The van der Waals surface area contributed by atoms with E-state index in [2.05, 4.69) is 99.1 Å². The van der Waals surface area contributed by atoms with Crippen molar-refractivity contribution < 1.29 is 38.1 Å². The number of rotatable bonds is 12. The van der Waals surface area contributed by atoms with Crippen molar-refractivity contribution in [1.82, 2.24) is 35.2 Å². The number of methoxy groups -OCH3 is 1. The molecule has 1 saturated carbocycles. The molecular formula is C53H73N7O8S. The second-order valence-corrected chi connectivity index (χ2v) is 22.0. The third-order valence-electron chi connectivity index (χ3n) is 15.4. The first-order valence-corrected chi connectivity index (χ1v) is 26.3. The van der Waals surface area contributed by atoms with E-state index in [-0.39, 0.29) is 55.0 Å². The zero-order valence-electron chi connectivity index (χ0n) is 42.0. The number of amides is 2. The number of ether oxygens (including phenoxy) is 5. The Balaban J connectivity index is 1.21. The zero-order chi connectivity index (χ0) is 48.7. The number of carbonyl (C=O) groups excluding carboxylic acids is 3. The molecule has 374 valence electrons. The summed E-state index contributed by atoms with van der Waals surface area (Å²) in [5.74, 6) is -0.461. The van der Waals surface area contributed by atoms with Gasteiger partial charge in [0.25, 0.3) is 5.91 Å². The molecule has 2 amide bonds. The average molecular weight is 968 g/mol. The number of hydrazine groups is 1. The fourth-order valence-electron chi connectivity index (χ4n) is 11.2. The van der Waals surface area contributed by atoms with E-state index in [1.165, 1.54) is 21.9 Å². The summed E-state index contributed by atoms with van der Waals surface area (Å²) in [5, 5.41) is 8.23. The largest absolute Gasteiger partial charge is 0.464 e. The number of cyclic esters (lactones) is 1. The number of fused-ring (bicyclic) bond motifs is 7. The second-order valence-electron chi connectivity index (χ2n) is 21.1. The standard InChI is InChI=1S/C53H73N7O8S/c1-10-66-48-46(56-49(61)44-31(4)32(44)5)51(62)60-16-11-12-41(57-60)52(63)68-29-53(7,8)25-40-38-23-35(42-28-69-50(48)55-42)13-14-43(38)59(19-21-67-30(2)3)47(40)39-24-36(26-54-45(39)33(6)64-9)34-15-17-58-18-20-65-27-37(58)22-34/h13-14,23-24,26,28,30-34,37,41,44,46,48,57H,10-12,15-22,25,27,29H2,1-9H3,(H,56,61)/t31-,32+,33-,34+,37-,41-,44?,46-,48-/m0/s1. The minimum atomic E-state index is -1.09. The fraction of sp³-hybridized carbons (Fsp3) is 0.642. The van der Waals surface area contributed by atoms with E-state index >= 15 is 0 Å². The first-order valence-electron chi connectivity index (χ1n) is 25.4. The van der Waals surface area contributed by atoms with Crippen LogP contribution in [0.25, 0.3) is 33.4 Å². The Morgan fingerprint density at radius 3 is 2.65 bits per heavy atom. The molecule has 5 aliphatic rings. The molecule has 0 radical (unpaired) electrons. The molecule has 1 aliphatic carbocycles. The molecule has 4 fully saturated rings. The number of nitrogens with one attached hydrogen (secondary N) is 2. The molecule has 3 saturated heterocycles. The summed E-state index contributed by atoms with van der Waals surface area (Å²) in [6.45, 7) is 21.9. The predicted molar refractivity (Wildman–Crippen MR) is 265 cm³/mol. The molecule has 7 heterocycles. The van der Waals surface area contributed by atoms with Crippen LogP contribution in [0.2, 0.25) is 0 Å². The summed E-state index contributed by atoms with van der Waals surface area (Å²) >= 11 is 1.41. The fourth-order valence-corrected chi connectivity index (χ4v) is 12.1. The number of nitrogens with zero attached hydrogens (tertiary/aromatic N) is 5. The van der Waals surface area contributed by atoms with Crippen LogP contribution in [-0.2, 0) is 51.0 Å². The van der Waals surface area contributed by atoms with E-state index in [0.29, 0.717) is 55.9 Å². The van der Waals surface area contributed by atoms with Gasteiger partial charge in [-0.25, -0.2) is 10.4 Å². The van der Waals surface area contributed by atoms with Gasteiger partial charge in [-0.05, 0) is 113 Å². The van der Waals surface area contributed by atoms with Gasteiger partial charge in [-0.3, -0.25) is 29.3 Å². The molecule has 6 bridgehead atoms. The van der Waals surface area contributed by atoms with Crippen LogP contribution in [0.4, 0.5) is 0 Å². The summed E-state index contributed by atoms with van der Waals surface area (Å²) in [6, 6.07) is 7.42. The summed E-state index contributed by atoms with van der Waals surface area (Å²) in [4.78, 5) is 55.8. The number of carbonyl (C=O) groups is 3. The summed E-state index contributed by atoms with van der Waals surface area (Å²) in [5.41, 5.74) is 10.6. The van der Waals surface area contributed by atoms with Crippen LogP contribution in [0, 0.1) is 23.2 Å². The molecular weight excluding hydrogens is 895 g/mol. The van der Waals surface area contributed by atoms with E-state index in [9.17, 15) is 14.4 Å². The first-order chi connectivity index (χ1) is 33.2. The van der Waals surface area contributed by atoms with E-state index in [4.69, 9.17) is 33.7 Å². The van der Waals surface area contributed by atoms with Crippen LogP contribution >= 0.6 is 11.3 Å². The SMILES string of the molecule is CCO[C@@H]1c2nc(cs2)-c2ccc3c(c2)c(c(-c2cc([C@@H]4CCN5CCOC[C@@H]5C4)cnc2[C@H](C)OC)n3CCOC(C)C)CC(C)(C)COC(=O)[C@@H]2CCCN(N2)C(=O)[C@H]1NC(=O)C1[C@@H](C)[C@H]1C. The molecule has 1 unspecified atom stereocenters. The maximum Gasteiger partial charge on any atom is 0.324 e. The van der Waals surface area contributed by atoms with Crippen LogP contribution in [0.5, 0.6) is 0 Å². The Labute approximate surface area is 411 Å². The lowest BCUT2D eigenvalue weighted by Crippen LogP contribution is -2.61. The molecule has 4 aliphatic heterocycles. The quantitative estimate of drug-likeness (QED) is 0.134. The number of piperidine rings is 1. The minimum absolute atomic E-state index is 0.0452. The van der Waals surface area contributed by atoms with Crippen LogP contribution in [-0.4, -0.2) is 126 Å². The maximum atomic E-state index is 14.7. The smallest absolute Gasteiger partial charge is 0.324 e. The Hall–Kier alpha value is -4.29. The molecule has 16 heteroatoms. The van der Waals surface area contributed by atoms with Crippen molar-refractivity contribution >= 4 is 40.0 Å². The summed E-state index contributed by atoms with van der Waals surface area (Å²) in [7, 11) is 1.73. The zero-order valence-corrected chi connectivity index (χ0v) is 42.9. The third kappa shape index (κ3) is 10.4. The lowest BCUT2D eigenvalue weighted by molar-refractivity contribution is -0.156. The number of hydrogen-bond donors (Lipinski definition) is 2. The van der Waals surface area contributed by atoms with Gasteiger partial charge in [0.15, 0.2) is 0 Å². The number of aromatic nitrogens is 3. The Morgan fingerprint density at radius 1 is 1.09 bits per heavy atom. The van der Waals surface area contributed by atoms with Crippen molar-refractivity contribution in [2.45, 2.75) is 136 Å². The molecule has 9 atom stereocenters. The van der Waals surface area contributed by atoms with Gasteiger partial charge in [0.1, 0.15) is 23.2 Å². The first kappa shape index (κ1) is 49.7. The molecule has 9 rings (SSSR count). The lowest BCUT2D eigenvalue weighted by Gasteiger charge is -2.42. The summed E-state index contributed by atoms with van der Waals surface area (Å²) < 4.78 is 33.4. The monoisotopic (exact) mass is 968 g/mol. The van der Waals surface area contributed by atoms with Crippen molar-refractivity contribution in [2.75, 3.05) is 59.8 Å². The Kier molecular flexibility index (Phi) is 15.0. The van der Waals surface area contributed by atoms with E-state index in [0.717, 1.165) is 83.8 Å². The molecule has 15 nitrogen and oxygen atoms in total. The van der Waals surface area contributed by atoms with Gasteiger partial charge in [0, 0.05) is 84.3 Å². The number of esters is 1. The van der Waals surface area contributed by atoms with Gasteiger partial charge < -0.3 is 33.6 Å². The van der Waals surface area contributed by atoms with Crippen LogP contribution < -0.4 is 10.7 Å². The number of morpholine rings is 1. The minimum Gasteiger partial charge on any atom is -0.464 e. The van der Waals surface area contributed by atoms with Crippen LogP contribution in [0.1, 0.15) is 121 Å². The van der Waals surface area contributed by atoms with Gasteiger partial charge in [-0.15, -0.1) is 11.3 Å². The molecule has 4 aromatic rings. The molecule has 1 aromatic carbocycles. The van der Waals surface area contributed by atoms with Crippen molar-refractivity contribution in [3.8, 4) is 22.5 Å². The third-order valence-corrected chi connectivity index (χ3v) is 16.3. The number of hydrogen-bond acceptors (Lipinski definition) is 13. The highest BCUT2D eigenvalue weighted by molar-refractivity contribution is 7.10. The molecule has 0 spiro atoms. The number of thiazole rings is 1. The van der Waals surface area contributed by atoms with Crippen molar-refractivity contribution in [2.24, 2.45) is 23.2 Å². The van der Waals surface area contributed by atoms with Gasteiger partial charge in [0.05, 0.1) is 55.7 Å². The molecule has 3 aromatic heterocycles. The Morgan fingerprint density at radius 2 is 1.90 bits per heavy atom. The van der Waals surface area contributed by atoms with Crippen LogP contribution in [0.15, 0.2) is 35.8 Å². The second kappa shape index (κ2) is 20.8. The van der Waals surface area contributed by atoms with Gasteiger partial charge in [-0.2, -0.15) is 0 Å². The maximum absolute atomic E-state index is 14.7. The highest BCUT2D eigenvalue weighted by Crippen LogP contribution is 2.47. The average Bonchev–Trinajstić information content (AvgIpc) is 3.60. The van der Waals surface area contributed by atoms with Gasteiger partial charge in [0.2, 0.25) is 5.91 Å². The highest BCUT2D eigenvalue weighted by Gasteiger charge is 2.50. The van der Waals surface area contributed by atoms with Crippen LogP contribution in [0.3, 0.4) is 0 Å². The van der Waals surface area contributed by atoms with Gasteiger partial charge in [-0.1, -0.05) is 33.8 Å². The van der Waals surface area contributed by atoms with E-state index in [1.54, 1.807) is 7.11 Å². The summed E-state index contributed by atoms with van der Waals surface area (Å²) in [6.07, 6.45) is 4.62. The normalized spacial score (nSPS) is 28.0. The van der Waals surface area contributed by atoms with E-state index in [1.807, 2.05) is 12.3 Å². The molecule has 2 N–H and O–H groups in total. The van der Waals surface area contributed by atoms with Crippen molar-refractivity contribution in [1.29, 1.82) is 0 Å². The molecule has 69 heavy (non-hydrogen) atoms. The van der Waals surface area contributed by atoms with E-state index < -0.39 is 29.6 Å². The highest BCUT2D eigenvalue weighted by atomic mass is 32.1. The lowest BCUT2D eigenvalue weighted by atomic mass is 9.82. The van der Waals surface area contributed by atoms with Gasteiger partial charge >= 0.3 is 5.97 Å².